The summed E-state index contributed by atoms with van der Waals surface area (Å²) in [7, 11) is 0. The molecular weight excluding hydrogens is 208 g/mol. The smallest absolute Gasteiger partial charge is 0.303 e. The van der Waals surface area contributed by atoms with Gasteiger partial charge in [-0.3, -0.25) is 4.79 Å². The highest BCUT2D eigenvalue weighted by Gasteiger charge is 2.15. The molecule has 1 aliphatic heterocycles. The second-order valence-electron chi connectivity index (χ2n) is 3.85. The summed E-state index contributed by atoms with van der Waals surface area (Å²) >= 11 is 0. The number of aryl methyl sites for hydroxylation is 2. The van der Waals surface area contributed by atoms with E-state index in [-0.39, 0.29) is 6.42 Å². The highest BCUT2D eigenvalue weighted by molar-refractivity contribution is 5.66. The van der Waals surface area contributed by atoms with Crippen molar-refractivity contribution in [3.63, 3.8) is 0 Å². The lowest BCUT2D eigenvalue weighted by atomic mass is 10.1. The number of hydrogen-bond donors (Lipinski definition) is 1. The van der Waals surface area contributed by atoms with Gasteiger partial charge in [-0.1, -0.05) is 0 Å². The molecule has 0 atom stereocenters. The van der Waals surface area contributed by atoms with Crippen LogP contribution in [0.2, 0.25) is 0 Å². The Morgan fingerprint density at radius 3 is 3.06 bits per heavy atom. The topological polar surface area (TPSA) is 72.3 Å². The van der Waals surface area contributed by atoms with Crippen molar-refractivity contribution in [3.8, 4) is 0 Å². The van der Waals surface area contributed by atoms with Gasteiger partial charge in [0, 0.05) is 12.1 Å². The molecule has 5 nitrogen and oxygen atoms in total. The molecule has 1 aliphatic rings. The van der Waals surface area contributed by atoms with E-state index in [9.17, 15) is 4.79 Å². The van der Waals surface area contributed by atoms with Gasteiger partial charge in [0.15, 0.2) is 0 Å². The molecule has 86 valence electrons. The average molecular weight is 222 g/mol. The molecule has 0 saturated carbocycles. The molecule has 1 aromatic rings. The maximum atomic E-state index is 10.5. The fourth-order valence-electron chi connectivity index (χ4n) is 1.84. The molecule has 0 amide bonds. The number of carbonyl (C=O) groups is 1. The Morgan fingerprint density at radius 1 is 1.50 bits per heavy atom. The molecule has 2 rings (SSSR count). The van der Waals surface area contributed by atoms with Crippen molar-refractivity contribution in [2.45, 2.75) is 32.8 Å². The zero-order valence-corrected chi connectivity index (χ0v) is 9.19. The zero-order valence-electron chi connectivity index (χ0n) is 9.19. The molecular formula is C11H14N2O3. The predicted octanol–water partition coefficient (Wildman–Crippen LogP) is 0.875. The van der Waals surface area contributed by atoms with Gasteiger partial charge in [-0.15, -0.1) is 0 Å². The number of fused-ring (bicyclic) bond motifs is 1. The predicted molar refractivity (Wildman–Crippen MR) is 56.1 cm³/mol. The van der Waals surface area contributed by atoms with Gasteiger partial charge >= 0.3 is 5.97 Å². The standard InChI is InChI=1S/C11H14N2O3/c1-7-8-4-5-16-6-9(8)13-10(12-7)2-3-11(14)15/h2-6H2,1H3,(H,14,15). The van der Waals surface area contributed by atoms with Gasteiger partial charge in [-0.25, -0.2) is 9.97 Å². The Morgan fingerprint density at radius 2 is 2.31 bits per heavy atom. The molecule has 0 saturated heterocycles. The third kappa shape index (κ3) is 2.36. The van der Waals surface area contributed by atoms with Gasteiger partial charge in [-0.05, 0) is 18.9 Å². The first-order valence-corrected chi connectivity index (χ1v) is 5.31. The molecule has 0 fully saturated rings. The number of rotatable bonds is 3. The minimum absolute atomic E-state index is 0.0685. The minimum Gasteiger partial charge on any atom is -0.481 e. The summed E-state index contributed by atoms with van der Waals surface area (Å²) in [5.41, 5.74) is 3.03. The summed E-state index contributed by atoms with van der Waals surface area (Å²) in [5.74, 6) is -0.223. The van der Waals surface area contributed by atoms with Crippen LogP contribution in [-0.4, -0.2) is 27.7 Å². The first kappa shape index (κ1) is 11.0. The Balaban J connectivity index is 2.21. The van der Waals surface area contributed by atoms with E-state index < -0.39 is 5.97 Å². The zero-order chi connectivity index (χ0) is 11.5. The fourth-order valence-corrected chi connectivity index (χ4v) is 1.84. The maximum absolute atomic E-state index is 10.5. The Hall–Kier alpha value is -1.49. The third-order valence-electron chi connectivity index (χ3n) is 2.64. The number of aromatic nitrogens is 2. The second-order valence-corrected chi connectivity index (χ2v) is 3.85. The van der Waals surface area contributed by atoms with Crippen LogP contribution in [0, 0.1) is 6.92 Å². The highest BCUT2D eigenvalue weighted by atomic mass is 16.5. The van der Waals surface area contributed by atoms with E-state index in [1.807, 2.05) is 6.92 Å². The van der Waals surface area contributed by atoms with Crippen LogP contribution >= 0.6 is 0 Å². The lowest BCUT2D eigenvalue weighted by Crippen LogP contribution is -2.16. The van der Waals surface area contributed by atoms with Crippen LogP contribution in [0.3, 0.4) is 0 Å². The molecule has 0 spiro atoms. The van der Waals surface area contributed by atoms with Crippen LogP contribution in [0.25, 0.3) is 0 Å². The number of ether oxygens (including phenoxy) is 1. The van der Waals surface area contributed by atoms with E-state index in [1.54, 1.807) is 0 Å². The van der Waals surface area contributed by atoms with E-state index in [2.05, 4.69) is 9.97 Å². The highest BCUT2D eigenvalue weighted by Crippen LogP contribution is 2.17. The van der Waals surface area contributed by atoms with Crippen molar-refractivity contribution >= 4 is 5.97 Å². The molecule has 0 aromatic carbocycles. The van der Waals surface area contributed by atoms with Gasteiger partial charge in [0.05, 0.1) is 25.3 Å². The van der Waals surface area contributed by atoms with Crippen molar-refractivity contribution in [2.75, 3.05) is 6.61 Å². The van der Waals surface area contributed by atoms with Crippen LogP contribution in [0.15, 0.2) is 0 Å². The lowest BCUT2D eigenvalue weighted by molar-refractivity contribution is -0.137. The number of carboxylic acid groups (broad SMARTS) is 1. The molecule has 0 radical (unpaired) electrons. The number of aliphatic carboxylic acids is 1. The van der Waals surface area contributed by atoms with Gasteiger partial charge in [0.2, 0.25) is 0 Å². The van der Waals surface area contributed by atoms with E-state index in [0.717, 1.165) is 23.4 Å². The molecule has 1 aromatic heterocycles. The maximum Gasteiger partial charge on any atom is 0.303 e. The van der Waals surface area contributed by atoms with Crippen molar-refractivity contribution in [1.82, 2.24) is 9.97 Å². The number of hydrogen-bond acceptors (Lipinski definition) is 4. The van der Waals surface area contributed by atoms with Crippen LogP contribution in [0.5, 0.6) is 0 Å². The molecule has 0 bridgehead atoms. The largest absolute Gasteiger partial charge is 0.481 e. The molecule has 1 N–H and O–H groups in total. The van der Waals surface area contributed by atoms with Crippen LogP contribution < -0.4 is 0 Å². The van der Waals surface area contributed by atoms with Crippen LogP contribution in [0.4, 0.5) is 0 Å². The summed E-state index contributed by atoms with van der Waals surface area (Å²) in [5, 5.41) is 8.60. The molecule has 0 unspecified atom stereocenters. The van der Waals surface area contributed by atoms with Crippen molar-refractivity contribution in [3.05, 3.63) is 22.8 Å². The summed E-state index contributed by atoms with van der Waals surface area (Å²) in [4.78, 5) is 19.1. The van der Waals surface area contributed by atoms with Crippen LogP contribution in [-0.2, 0) is 29.0 Å². The molecule has 16 heavy (non-hydrogen) atoms. The number of carboxylic acids is 1. The van der Waals surface area contributed by atoms with Gasteiger partial charge < -0.3 is 9.84 Å². The quantitative estimate of drug-likeness (QED) is 0.821. The third-order valence-corrected chi connectivity index (χ3v) is 2.64. The lowest BCUT2D eigenvalue weighted by Gasteiger charge is -2.17. The summed E-state index contributed by atoms with van der Waals surface area (Å²) in [6.45, 7) is 3.17. The Labute approximate surface area is 93.5 Å². The number of nitrogens with zero attached hydrogens (tertiary/aromatic N) is 2. The van der Waals surface area contributed by atoms with Crippen molar-refractivity contribution in [2.24, 2.45) is 0 Å². The van der Waals surface area contributed by atoms with Crippen LogP contribution in [0.1, 0.15) is 29.2 Å². The second kappa shape index (κ2) is 4.57. The van der Waals surface area contributed by atoms with Crippen molar-refractivity contribution in [1.29, 1.82) is 0 Å². The van der Waals surface area contributed by atoms with Gasteiger partial charge in [0.1, 0.15) is 5.82 Å². The monoisotopic (exact) mass is 222 g/mol. The Bertz CT molecular complexity index is 418. The minimum atomic E-state index is -0.824. The van der Waals surface area contributed by atoms with Gasteiger partial charge in [-0.2, -0.15) is 0 Å². The molecule has 5 heteroatoms. The average Bonchev–Trinajstić information content (AvgIpc) is 2.26. The molecule has 0 aliphatic carbocycles. The Kier molecular flexibility index (Phi) is 3.14. The van der Waals surface area contributed by atoms with E-state index in [4.69, 9.17) is 9.84 Å². The SMILES string of the molecule is Cc1nc(CCC(=O)O)nc2c1CCOC2. The van der Waals surface area contributed by atoms with Gasteiger partial charge in [0.25, 0.3) is 0 Å². The van der Waals surface area contributed by atoms with E-state index in [0.29, 0.717) is 25.5 Å². The summed E-state index contributed by atoms with van der Waals surface area (Å²) < 4.78 is 5.32. The molecule has 2 heterocycles. The summed E-state index contributed by atoms with van der Waals surface area (Å²) in [6, 6.07) is 0. The fraction of sp³-hybridized carbons (Fsp3) is 0.545. The first-order valence-electron chi connectivity index (χ1n) is 5.31. The van der Waals surface area contributed by atoms with E-state index >= 15 is 0 Å². The first-order chi connectivity index (χ1) is 7.66. The normalized spacial score (nSPS) is 14.6. The van der Waals surface area contributed by atoms with Crippen molar-refractivity contribution < 1.29 is 14.6 Å². The summed E-state index contributed by atoms with van der Waals surface area (Å²) in [6.07, 6.45) is 1.29. The van der Waals surface area contributed by atoms with E-state index in [1.165, 1.54) is 0 Å².